The zero-order valence-electron chi connectivity index (χ0n) is 12.9. The van der Waals surface area contributed by atoms with E-state index in [2.05, 4.69) is 18.7 Å². The number of likely N-dealkylation sites (tertiary alicyclic amines) is 1. The van der Waals surface area contributed by atoms with E-state index in [9.17, 15) is 4.79 Å². The van der Waals surface area contributed by atoms with Gasteiger partial charge in [-0.25, -0.2) is 0 Å². The lowest BCUT2D eigenvalue weighted by Gasteiger charge is -2.43. The maximum Gasteiger partial charge on any atom is 0.303 e. The molecular weight excluding hydrogens is 254 g/mol. The summed E-state index contributed by atoms with van der Waals surface area (Å²) in [5.74, 6) is 0.173. The molecule has 0 aliphatic carbocycles. The fourth-order valence-corrected chi connectivity index (χ4v) is 3.75. The average Bonchev–Trinajstić information content (AvgIpc) is 2.47. The fraction of sp³-hybridized carbons (Fsp3) is 0.938. The van der Waals surface area contributed by atoms with E-state index in [0.29, 0.717) is 24.5 Å². The van der Waals surface area contributed by atoms with Gasteiger partial charge < -0.3 is 9.84 Å². The second-order valence-corrected chi connectivity index (χ2v) is 6.55. The van der Waals surface area contributed by atoms with Crippen molar-refractivity contribution in [1.29, 1.82) is 0 Å². The lowest BCUT2D eigenvalue weighted by molar-refractivity contribution is -0.138. The molecule has 1 N–H and O–H groups in total. The first-order valence-corrected chi connectivity index (χ1v) is 8.17. The van der Waals surface area contributed by atoms with Crippen molar-refractivity contribution in [3.8, 4) is 0 Å². The van der Waals surface area contributed by atoms with Crippen LogP contribution < -0.4 is 0 Å². The first kappa shape index (κ1) is 15.8. The number of carboxylic acid groups (broad SMARTS) is 1. The third-order valence-corrected chi connectivity index (χ3v) is 5.10. The Bertz CT molecular complexity index is 321. The first-order chi connectivity index (χ1) is 9.60. The van der Waals surface area contributed by atoms with Crippen molar-refractivity contribution in [1.82, 2.24) is 4.90 Å². The number of rotatable bonds is 5. The standard InChI is InChI=1S/C16H29NO3/c1-3-15-10-14(6-8-20-15)17-7-4-5-13(11-17)12(2)9-16(18)19/h12-15H,3-11H2,1-2H3,(H,18,19). The van der Waals surface area contributed by atoms with Crippen molar-refractivity contribution < 1.29 is 14.6 Å². The van der Waals surface area contributed by atoms with Crippen molar-refractivity contribution in [2.75, 3.05) is 19.7 Å². The molecule has 0 amide bonds. The molecular formula is C16H29NO3. The molecule has 2 aliphatic rings. The predicted octanol–water partition coefficient (Wildman–Crippen LogP) is 2.77. The fourth-order valence-electron chi connectivity index (χ4n) is 3.75. The largest absolute Gasteiger partial charge is 0.481 e. The molecule has 4 nitrogen and oxygen atoms in total. The molecule has 4 heteroatoms. The predicted molar refractivity (Wildman–Crippen MR) is 78.8 cm³/mol. The minimum absolute atomic E-state index is 0.289. The summed E-state index contributed by atoms with van der Waals surface area (Å²) in [5.41, 5.74) is 0. The van der Waals surface area contributed by atoms with E-state index >= 15 is 0 Å². The summed E-state index contributed by atoms with van der Waals surface area (Å²) in [6, 6.07) is 0.647. The van der Waals surface area contributed by atoms with Gasteiger partial charge in [-0.15, -0.1) is 0 Å². The number of carbonyl (C=O) groups is 1. The van der Waals surface area contributed by atoms with Gasteiger partial charge in [0.25, 0.3) is 0 Å². The Kier molecular flexibility index (Phi) is 5.85. The molecule has 4 atom stereocenters. The highest BCUT2D eigenvalue weighted by Crippen LogP contribution is 2.30. The Labute approximate surface area is 122 Å². The molecule has 0 radical (unpaired) electrons. The Balaban J connectivity index is 1.87. The molecule has 2 fully saturated rings. The minimum atomic E-state index is -0.660. The zero-order valence-corrected chi connectivity index (χ0v) is 12.9. The second-order valence-electron chi connectivity index (χ2n) is 6.55. The zero-order chi connectivity index (χ0) is 14.5. The minimum Gasteiger partial charge on any atom is -0.481 e. The Morgan fingerprint density at radius 2 is 2.25 bits per heavy atom. The molecule has 4 unspecified atom stereocenters. The van der Waals surface area contributed by atoms with Gasteiger partial charge in [0.2, 0.25) is 0 Å². The highest BCUT2D eigenvalue weighted by atomic mass is 16.5. The number of aliphatic carboxylic acids is 1. The van der Waals surface area contributed by atoms with Gasteiger partial charge in [-0.05, 0) is 50.5 Å². The van der Waals surface area contributed by atoms with Crippen LogP contribution in [0.25, 0.3) is 0 Å². The molecule has 0 spiro atoms. The van der Waals surface area contributed by atoms with Crippen molar-refractivity contribution in [2.24, 2.45) is 11.8 Å². The van der Waals surface area contributed by atoms with Crippen LogP contribution in [0.1, 0.15) is 52.4 Å². The third-order valence-electron chi connectivity index (χ3n) is 5.10. The summed E-state index contributed by atoms with van der Waals surface area (Å²) in [6.07, 6.45) is 6.51. The van der Waals surface area contributed by atoms with Crippen molar-refractivity contribution in [2.45, 2.75) is 64.5 Å². The van der Waals surface area contributed by atoms with Crippen LogP contribution in [-0.2, 0) is 9.53 Å². The first-order valence-electron chi connectivity index (χ1n) is 8.17. The van der Waals surface area contributed by atoms with Crippen molar-refractivity contribution in [3.05, 3.63) is 0 Å². The molecule has 0 bridgehead atoms. The van der Waals surface area contributed by atoms with Crippen LogP contribution in [0.15, 0.2) is 0 Å². The molecule has 2 aliphatic heterocycles. The number of piperidine rings is 1. The van der Waals surface area contributed by atoms with Gasteiger partial charge in [0.05, 0.1) is 6.10 Å². The van der Waals surface area contributed by atoms with Gasteiger partial charge >= 0.3 is 5.97 Å². The van der Waals surface area contributed by atoms with Crippen LogP contribution in [0.4, 0.5) is 0 Å². The number of ether oxygens (including phenoxy) is 1. The number of hydrogen-bond acceptors (Lipinski definition) is 3. The molecule has 0 saturated carbocycles. The summed E-state index contributed by atoms with van der Waals surface area (Å²) in [6.45, 7) is 7.43. The highest BCUT2D eigenvalue weighted by molar-refractivity contribution is 5.67. The van der Waals surface area contributed by atoms with E-state index in [1.165, 1.54) is 19.4 Å². The van der Waals surface area contributed by atoms with Crippen molar-refractivity contribution in [3.63, 3.8) is 0 Å². The van der Waals surface area contributed by atoms with Gasteiger partial charge in [-0.1, -0.05) is 13.8 Å². The molecule has 0 aromatic heterocycles. The summed E-state index contributed by atoms with van der Waals surface area (Å²) in [5, 5.41) is 8.97. The van der Waals surface area contributed by atoms with Crippen LogP contribution >= 0.6 is 0 Å². The summed E-state index contributed by atoms with van der Waals surface area (Å²) in [7, 11) is 0. The molecule has 2 saturated heterocycles. The maximum absolute atomic E-state index is 10.9. The van der Waals surface area contributed by atoms with Gasteiger partial charge in [0.15, 0.2) is 0 Å². The van der Waals surface area contributed by atoms with E-state index in [1.807, 2.05) is 0 Å². The van der Waals surface area contributed by atoms with E-state index < -0.39 is 5.97 Å². The molecule has 116 valence electrons. The van der Waals surface area contributed by atoms with Gasteiger partial charge in [-0.2, -0.15) is 0 Å². The topological polar surface area (TPSA) is 49.8 Å². The van der Waals surface area contributed by atoms with Gasteiger partial charge in [0.1, 0.15) is 0 Å². The van der Waals surface area contributed by atoms with E-state index in [-0.39, 0.29) is 5.92 Å². The van der Waals surface area contributed by atoms with Crippen LogP contribution in [0.3, 0.4) is 0 Å². The molecule has 2 rings (SSSR count). The lowest BCUT2D eigenvalue weighted by Crippen LogP contribution is -2.48. The van der Waals surface area contributed by atoms with E-state index in [0.717, 1.165) is 32.4 Å². The van der Waals surface area contributed by atoms with Crippen LogP contribution in [0.5, 0.6) is 0 Å². The van der Waals surface area contributed by atoms with Gasteiger partial charge in [0, 0.05) is 25.6 Å². The lowest BCUT2D eigenvalue weighted by atomic mass is 9.83. The van der Waals surface area contributed by atoms with Crippen LogP contribution in [0.2, 0.25) is 0 Å². The summed E-state index contributed by atoms with van der Waals surface area (Å²) in [4.78, 5) is 13.5. The molecule has 0 aromatic rings. The smallest absolute Gasteiger partial charge is 0.303 e. The quantitative estimate of drug-likeness (QED) is 0.843. The molecule has 20 heavy (non-hydrogen) atoms. The van der Waals surface area contributed by atoms with E-state index in [1.54, 1.807) is 0 Å². The molecule has 0 aromatic carbocycles. The number of nitrogens with zero attached hydrogens (tertiary/aromatic N) is 1. The Hall–Kier alpha value is -0.610. The normalized spacial score (nSPS) is 33.8. The van der Waals surface area contributed by atoms with Gasteiger partial charge in [-0.3, -0.25) is 9.69 Å². The van der Waals surface area contributed by atoms with E-state index in [4.69, 9.17) is 9.84 Å². The second kappa shape index (κ2) is 7.41. The SMILES string of the molecule is CCC1CC(N2CCCC(C(C)CC(=O)O)C2)CCO1. The molecule has 2 heterocycles. The van der Waals surface area contributed by atoms with Crippen molar-refractivity contribution >= 4 is 5.97 Å². The average molecular weight is 283 g/mol. The third kappa shape index (κ3) is 4.19. The van der Waals surface area contributed by atoms with Crippen LogP contribution in [0, 0.1) is 11.8 Å². The number of carboxylic acids is 1. The van der Waals surface area contributed by atoms with Crippen LogP contribution in [-0.4, -0.2) is 47.8 Å². The monoisotopic (exact) mass is 283 g/mol. The maximum atomic E-state index is 10.9. The summed E-state index contributed by atoms with van der Waals surface area (Å²) >= 11 is 0. The Morgan fingerprint density at radius 3 is 2.95 bits per heavy atom. The Morgan fingerprint density at radius 1 is 1.45 bits per heavy atom. The summed E-state index contributed by atoms with van der Waals surface area (Å²) < 4.78 is 5.77. The number of hydrogen-bond donors (Lipinski definition) is 1. The highest BCUT2D eigenvalue weighted by Gasteiger charge is 2.32.